The van der Waals surface area contributed by atoms with Crippen molar-refractivity contribution in [3.63, 3.8) is 0 Å². The minimum atomic E-state index is -0.411. The van der Waals surface area contributed by atoms with Gasteiger partial charge in [0.25, 0.3) is 0 Å². The molecule has 0 N–H and O–H groups in total. The average molecular weight is 247 g/mol. The molecule has 16 heavy (non-hydrogen) atoms. The summed E-state index contributed by atoms with van der Waals surface area (Å²) >= 11 is 5.63. The van der Waals surface area contributed by atoms with Gasteiger partial charge in [-0.15, -0.1) is 0 Å². The molecule has 0 aromatic carbocycles. The zero-order chi connectivity index (χ0) is 11.5. The van der Waals surface area contributed by atoms with E-state index < -0.39 is 5.82 Å². The number of hydrogen-bond acceptors (Lipinski definition) is 2. The van der Waals surface area contributed by atoms with Gasteiger partial charge in [0.2, 0.25) is 0 Å². The SMILES string of the molecule is FCC1CCN(c2ncc(Cl)cc2F)CC1. The Bertz CT molecular complexity index is 365. The number of alkyl halides is 1. The van der Waals surface area contributed by atoms with E-state index in [0.717, 1.165) is 12.8 Å². The van der Waals surface area contributed by atoms with Crippen molar-refractivity contribution in [1.82, 2.24) is 4.98 Å². The molecule has 1 fully saturated rings. The van der Waals surface area contributed by atoms with Crippen LogP contribution in [-0.2, 0) is 0 Å². The van der Waals surface area contributed by atoms with Gasteiger partial charge in [-0.05, 0) is 24.8 Å². The van der Waals surface area contributed by atoms with Gasteiger partial charge in [0, 0.05) is 19.3 Å². The van der Waals surface area contributed by atoms with Gasteiger partial charge < -0.3 is 4.90 Å². The third-order valence-corrected chi connectivity index (χ3v) is 3.13. The van der Waals surface area contributed by atoms with E-state index in [4.69, 9.17) is 11.6 Å². The lowest BCUT2D eigenvalue weighted by Gasteiger charge is -2.31. The molecule has 0 spiro atoms. The molecule has 0 atom stereocenters. The maximum Gasteiger partial charge on any atom is 0.167 e. The van der Waals surface area contributed by atoms with Gasteiger partial charge in [0.1, 0.15) is 0 Å². The van der Waals surface area contributed by atoms with Crippen molar-refractivity contribution < 1.29 is 8.78 Å². The maximum absolute atomic E-state index is 13.6. The molecule has 1 aromatic heterocycles. The van der Waals surface area contributed by atoms with Gasteiger partial charge in [0.15, 0.2) is 11.6 Å². The second-order valence-corrected chi connectivity index (χ2v) is 4.48. The summed E-state index contributed by atoms with van der Waals surface area (Å²) in [6.45, 7) is 1.02. The first-order valence-electron chi connectivity index (χ1n) is 5.32. The van der Waals surface area contributed by atoms with Gasteiger partial charge >= 0.3 is 0 Å². The largest absolute Gasteiger partial charge is 0.354 e. The molecule has 1 aromatic rings. The van der Waals surface area contributed by atoms with Crippen LogP contribution in [0, 0.1) is 11.7 Å². The Morgan fingerprint density at radius 1 is 1.44 bits per heavy atom. The predicted octanol–water partition coefficient (Wildman–Crippen LogP) is 3.06. The highest BCUT2D eigenvalue weighted by Gasteiger charge is 2.22. The van der Waals surface area contributed by atoms with Crippen molar-refractivity contribution in [3.05, 3.63) is 23.1 Å². The van der Waals surface area contributed by atoms with E-state index in [1.54, 1.807) is 0 Å². The second-order valence-electron chi connectivity index (χ2n) is 4.04. The molecular weight excluding hydrogens is 234 g/mol. The molecule has 0 aliphatic carbocycles. The highest BCUT2D eigenvalue weighted by molar-refractivity contribution is 6.30. The fourth-order valence-corrected chi connectivity index (χ4v) is 2.08. The van der Waals surface area contributed by atoms with Gasteiger partial charge in [-0.3, -0.25) is 4.39 Å². The standard InChI is InChI=1S/C11H13ClF2N2/c12-9-5-10(14)11(15-7-9)16-3-1-8(6-13)2-4-16/h5,7-8H,1-4,6H2. The van der Waals surface area contributed by atoms with Gasteiger partial charge in [-0.2, -0.15) is 0 Å². The molecule has 5 heteroatoms. The molecule has 0 radical (unpaired) electrons. The molecular formula is C11H13ClF2N2. The minimum absolute atomic E-state index is 0.117. The molecule has 0 unspecified atom stereocenters. The summed E-state index contributed by atoms with van der Waals surface area (Å²) in [6, 6.07) is 1.26. The van der Waals surface area contributed by atoms with Crippen molar-refractivity contribution >= 4 is 17.4 Å². The van der Waals surface area contributed by atoms with E-state index in [1.807, 2.05) is 4.90 Å². The Morgan fingerprint density at radius 2 is 2.12 bits per heavy atom. The van der Waals surface area contributed by atoms with Crippen LogP contribution in [0.3, 0.4) is 0 Å². The fraction of sp³-hybridized carbons (Fsp3) is 0.545. The Morgan fingerprint density at radius 3 is 2.69 bits per heavy atom. The monoisotopic (exact) mass is 246 g/mol. The minimum Gasteiger partial charge on any atom is -0.354 e. The number of hydrogen-bond donors (Lipinski definition) is 0. The molecule has 0 amide bonds. The van der Waals surface area contributed by atoms with Crippen LogP contribution in [0.25, 0.3) is 0 Å². The molecule has 0 saturated carbocycles. The van der Waals surface area contributed by atoms with E-state index in [9.17, 15) is 8.78 Å². The van der Waals surface area contributed by atoms with E-state index >= 15 is 0 Å². The molecule has 88 valence electrons. The first-order chi connectivity index (χ1) is 7.70. The topological polar surface area (TPSA) is 16.1 Å². The quantitative estimate of drug-likeness (QED) is 0.797. The first-order valence-corrected chi connectivity index (χ1v) is 5.70. The van der Waals surface area contributed by atoms with Crippen LogP contribution in [0.15, 0.2) is 12.3 Å². The summed E-state index contributed by atoms with van der Waals surface area (Å²) in [7, 11) is 0. The number of halogens is 3. The lowest BCUT2D eigenvalue weighted by Crippen LogP contribution is -2.35. The number of piperidine rings is 1. The van der Waals surface area contributed by atoms with Gasteiger partial charge in [0.05, 0.1) is 11.7 Å². The molecule has 2 nitrogen and oxygen atoms in total. The predicted molar refractivity (Wildman–Crippen MR) is 60.1 cm³/mol. The fourth-order valence-electron chi connectivity index (χ4n) is 1.94. The van der Waals surface area contributed by atoms with Crippen LogP contribution < -0.4 is 4.90 Å². The number of anilines is 1. The van der Waals surface area contributed by atoms with Crippen LogP contribution in [0.2, 0.25) is 5.02 Å². The van der Waals surface area contributed by atoms with E-state index in [1.165, 1.54) is 12.3 Å². The highest BCUT2D eigenvalue weighted by atomic mass is 35.5. The van der Waals surface area contributed by atoms with Crippen molar-refractivity contribution in [3.8, 4) is 0 Å². The third kappa shape index (κ3) is 2.43. The third-order valence-electron chi connectivity index (χ3n) is 2.92. The summed E-state index contributed by atoms with van der Waals surface area (Å²) in [5.41, 5.74) is 0. The van der Waals surface area contributed by atoms with E-state index in [-0.39, 0.29) is 12.6 Å². The zero-order valence-corrected chi connectivity index (χ0v) is 9.55. The van der Waals surface area contributed by atoms with E-state index in [0.29, 0.717) is 23.9 Å². The molecule has 1 saturated heterocycles. The summed E-state index contributed by atoms with van der Waals surface area (Å²) < 4.78 is 26.0. The summed E-state index contributed by atoms with van der Waals surface area (Å²) in [6.07, 6.45) is 2.93. The zero-order valence-electron chi connectivity index (χ0n) is 8.80. The molecule has 0 bridgehead atoms. The van der Waals surface area contributed by atoms with Crippen molar-refractivity contribution in [2.75, 3.05) is 24.7 Å². The maximum atomic E-state index is 13.6. The number of pyridine rings is 1. The van der Waals surface area contributed by atoms with Crippen LogP contribution in [-0.4, -0.2) is 24.7 Å². The van der Waals surface area contributed by atoms with Crippen LogP contribution >= 0.6 is 11.6 Å². The molecule has 2 rings (SSSR count). The number of nitrogens with zero attached hydrogens (tertiary/aromatic N) is 2. The van der Waals surface area contributed by atoms with Crippen LogP contribution in [0.1, 0.15) is 12.8 Å². The van der Waals surface area contributed by atoms with E-state index in [2.05, 4.69) is 4.98 Å². The van der Waals surface area contributed by atoms with Crippen molar-refractivity contribution in [1.29, 1.82) is 0 Å². The Hall–Kier alpha value is -0.900. The number of aromatic nitrogens is 1. The highest BCUT2D eigenvalue weighted by Crippen LogP contribution is 2.25. The van der Waals surface area contributed by atoms with Gasteiger partial charge in [-0.1, -0.05) is 11.6 Å². The lowest BCUT2D eigenvalue weighted by atomic mass is 9.98. The van der Waals surface area contributed by atoms with Crippen molar-refractivity contribution in [2.24, 2.45) is 5.92 Å². The van der Waals surface area contributed by atoms with Gasteiger partial charge in [-0.25, -0.2) is 9.37 Å². The smallest absolute Gasteiger partial charge is 0.167 e. The second kappa shape index (κ2) is 4.95. The average Bonchev–Trinajstić information content (AvgIpc) is 2.29. The molecule has 1 aliphatic heterocycles. The normalized spacial score (nSPS) is 17.8. The Labute approximate surface area is 98.2 Å². The summed E-state index contributed by atoms with van der Waals surface area (Å²) in [5, 5.41) is 0.292. The Kier molecular flexibility index (Phi) is 3.59. The van der Waals surface area contributed by atoms with Crippen LogP contribution in [0.5, 0.6) is 0 Å². The van der Waals surface area contributed by atoms with Crippen LogP contribution in [0.4, 0.5) is 14.6 Å². The summed E-state index contributed by atoms with van der Waals surface area (Å²) in [4.78, 5) is 5.82. The Balaban J connectivity index is 2.08. The number of rotatable bonds is 2. The molecule has 1 aliphatic rings. The first kappa shape index (κ1) is 11.6. The summed E-state index contributed by atoms with van der Waals surface area (Å²) in [5.74, 6) is 0.0273. The van der Waals surface area contributed by atoms with Crippen molar-refractivity contribution in [2.45, 2.75) is 12.8 Å². The molecule has 2 heterocycles. The lowest BCUT2D eigenvalue weighted by molar-refractivity contribution is 0.306.